The Morgan fingerprint density at radius 1 is 1.41 bits per heavy atom. The highest BCUT2D eigenvalue weighted by molar-refractivity contribution is 14.1. The molecule has 0 radical (unpaired) electrons. The molecule has 2 nitrogen and oxygen atoms in total. The smallest absolute Gasteiger partial charge is 0.254 e. The van der Waals surface area contributed by atoms with Gasteiger partial charge in [0.1, 0.15) is 5.69 Å². The van der Waals surface area contributed by atoms with Crippen molar-refractivity contribution in [2.24, 2.45) is 0 Å². The summed E-state index contributed by atoms with van der Waals surface area (Å²) in [6, 6.07) is 1.44. The molecule has 1 aromatic heterocycles. The predicted molar refractivity (Wildman–Crippen MR) is 56.2 cm³/mol. The van der Waals surface area contributed by atoms with E-state index in [1.54, 1.807) is 0 Å². The van der Waals surface area contributed by atoms with Gasteiger partial charge in [-0.05, 0) is 22.6 Å². The van der Waals surface area contributed by atoms with E-state index in [1.807, 2.05) is 0 Å². The Bertz CT molecular complexity index is 464. The predicted octanol–water partition coefficient (Wildman–Crippen LogP) is 3.71. The molecule has 1 heterocycles. The van der Waals surface area contributed by atoms with Crippen LogP contribution < -0.4 is 0 Å². The molecule has 0 amide bonds. The minimum absolute atomic E-state index is 0.301. The molecule has 0 aliphatic heterocycles. The lowest BCUT2D eigenvalue weighted by Gasteiger charge is -2.15. The molecule has 0 aromatic carbocycles. The molecule has 0 unspecified atom stereocenters. The molecule has 8 heteroatoms. The Morgan fingerprint density at radius 2 is 2.00 bits per heavy atom. The minimum Gasteiger partial charge on any atom is -0.254 e. The zero-order chi connectivity index (χ0) is 13.2. The third-order valence-corrected chi connectivity index (χ3v) is 2.73. The van der Waals surface area contributed by atoms with Crippen LogP contribution in [0.25, 0.3) is 0 Å². The van der Waals surface area contributed by atoms with Crippen LogP contribution in [0.1, 0.15) is 23.2 Å². The molecule has 1 rings (SSSR count). The number of hydrogen-bond donors (Lipinski definition) is 0. The second-order valence-corrected chi connectivity index (χ2v) is 4.14. The van der Waals surface area contributed by atoms with E-state index < -0.39 is 35.8 Å². The van der Waals surface area contributed by atoms with E-state index in [-0.39, 0.29) is 3.57 Å². The average Bonchev–Trinajstić information content (AvgIpc) is 2.15. The maximum Gasteiger partial charge on any atom is 0.417 e. The Hall–Kier alpha value is -0.980. The molecule has 0 saturated heterocycles. The Morgan fingerprint density at radius 3 is 2.41 bits per heavy atom. The second kappa shape index (κ2) is 5.12. The van der Waals surface area contributed by atoms with Gasteiger partial charge in [-0.25, -0.2) is 8.78 Å². The van der Waals surface area contributed by atoms with Crippen molar-refractivity contribution < 1.29 is 22.0 Å². The molecule has 0 atom stereocenters. The Balaban J connectivity index is 3.56. The molecule has 0 aliphatic carbocycles. The lowest BCUT2D eigenvalue weighted by Crippen LogP contribution is -2.15. The molecular formula is C9H4F5IN2. The van der Waals surface area contributed by atoms with E-state index in [2.05, 4.69) is 4.98 Å². The second-order valence-electron chi connectivity index (χ2n) is 2.98. The number of alkyl halides is 5. The SMILES string of the molecule is N#CCc1c(C(F)F)ncc(I)c1C(F)(F)F. The summed E-state index contributed by atoms with van der Waals surface area (Å²) in [5.41, 5.74) is -2.94. The average molecular weight is 362 g/mol. The lowest BCUT2D eigenvalue weighted by atomic mass is 10.0. The van der Waals surface area contributed by atoms with Gasteiger partial charge in [0.05, 0.1) is 18.1 Å². The summed E-state index contributed by atoms with van der Waals surface area (Å²) in [5, 5.41) is 8.41. The Labute approximate surface area is 107 Å². The maximum absolute atomic E-state index is 12.7. The van der Waals surface area contributed by atoms with Crippen molar-refractivity contribution in [2.75, 3.05) is 0 Å². The molecule has 0 saturated carbocycles. The number of pyridine rings is 1. The first-order chi connectivity index (χ1) is 7.79. The summed E-state index contributed by atoms with van der Waals surface area (Å²) in [5.74, 6) is 0. The van der Waals surface area contributed by atoms with Crippen LogP contribution in [0.4, 0.5) is 22.0 Å². The van der Waals surface area contributed by atoms with Crippen LogP contribution in [0.15, 0.2) is 6.20 Å². The largest absolute Gasteiger partial charge is 0.417 e. The molecule has 0 bridgehead atoms. The minimum atomic E-state index is -4.78. The normalized spacial score (nSPS) is 11.6. The van der Waals surface area contributed by atoms with Crippen molar-refractivity contribution in [1.82, 2.24) is 4.98 Å². The van der Waals surface area contributed by atoms with Gasteiger partial charge in [0, 0.05) is 15.3 Å². The van der Waals surface area contributed by atoms with Crippen molar-refractivity contribution in [3.05, 3.63) is 26.6 Å². The van der Waals surface area contributed by atoms with E-state index in [4.69, 9.17) is 5.26 Å². The van der Waals surface area contributed by atoms with Gasteiger partial charge >= 0.3 is 6.18 Å². The summed E-state index contributed by atoms with van der Waals surface area (Å²) in [7, 11) is 0. The van der Waals surface area contributed by atoms with Gasteiger partial charge in [0.2, 0.25) is 0 Å². The van der Waals surface area contributed by atoms with Gasteiger partial charge in [-0.1, -0.05) is 0 Å². The Kier molecular flexibility index (Phi) is 4.24. The van der Waals surface area contributed by atoms with Gasteiger partial charge in [0.25, 0.3) is 6.43 Å². The van der Waals surface area contributed by atoms with Crippen LogP contribution in [-0.2, 0) is 12.6 Å². The maximum atomic E-state index is 12.7. The summed E-state index contributed by atoms with van der Waals surface area (Å²) in [6.07, 6.45) is -7.95. The number of rotatable bonds is 2. The number of aromatic nitrogens is 1. The highest BCUT2D eigenvalue weighted by atomic mass is 127. The molecule has 1 aromatic rings. The summed E-state index contributed by atoms with van der Waals surface area (Å²) in [4.78, 5) is 3.26. The first-order valence-electron chi connectivity index (χ1n) is 4.18. The molecule has 0 aliphatic rings. The highest BCUT2D eigenvalue weighted by Crippen LogP contribution is 2.38. The van der Waals surface area contributed by atoms with E-state index >= 15 is 0 Å². The van der Waals surface area contributed by atoms with Crippen molar-refractivity contribution >= 4 is 22.6 Å². The fraction of sp³-hybridized carbons (Fsp3) is 0.333. The topological polar surface area (TPSA) is 36.7 Å². The van der Waals surface area contributed by atoms with Crippen LogP contribution in [0, 0.1) is 14.9 Å². The molecule has 0 spiro atoms. The third kappa shape index (κ3) is 3.02. The first-order valence-corrected chi connectivity index (χ1v) is 5.26. The van der Waals surface area contributed by atoms with Gasteiger partial charge in [-0.3, -0.25) is 4.98 Å². The molecular weight excluding hydrogens is 358 g/mol. The number of nitrogens with zero attached hydrogens (tertiary/aromatic N) is 2. The van der Waals surface area contributed by atoms with Gasteiger partial charge < -0.3 is 0 Å². The summed E-state index contributed by atoms with van der Waals surface area (Å²) < 4.78 is 62.8. The first kappa shape index (κ1) is 14.1. The van der Waals surface area contributed by atoms with Gasteiger partial charge in [-0.15, -0.1) is 0 Å². The van der Waals surface area contributed by atoms with Crippen LogP contribution >= 0.6 is 22.6 Å². The van der Waals surface area contributed by atoms with Crippen molar-refractivity contribution in [1.29, 1.82) is 5.26 Å². The lowest BCUT2D eigenvalue weighted by molar-refractivity contribution is -0.139. The van der Waals surface area contributed by atoms with E-state index in [0.29, 0.717) is 0 Å². The molecule has 92 valence electrons. The quantitative estimate of drug-likeness (QED) is 0.594. The molecule has 17 heavy (non-hydrogen) atoms. The van der Waals surface area contributed by atoms with Crippen LogP contribution in [0.5, 0.6) is 0 Å². The zero-order valence-corrected chi connectivity index (χ0v) is 10.2. The fourth-order valence-electron chi connectivity index (χ4n) is 1.29. The molecule has 0 N–H and O–H groups in total. The number of hydrogen-bond acceptors (Lipinski definition) is 2. The number of nitriles is 1. The van der Waals surface area contributed by atoms with E-state index in [9.17, 15) is 22.0 Å². The van der Waals surface area contributed by atoms with Crippen LogP contribution in [0.3, 0.4) is 0 Å². The van der Waals surface area contributed by atoms with Gasteiger partial charge in [-0.2, -0.15) is 18.4 Å². The summed E-state index contributed by atoms with van der Waals surface area (Å²) >= 11 is 1.35. The summed E-state index contributed by atoms with van der Waals surface area (Å²) in [6.45, 7) is 0. The van der Waals surface area contributed by atoms with Crippen molar-refractivity contribution in [3.63, 3.8) is 0 Å². The van der Waals surface area contributed by atoms with Crippen LogP contribution in [-0.4, -0.2) is 4.98 Å². The monoisotopic (exact) mass is 362 g/mol. The van der Waals surface area contributed by atoms with Crippen molar-refractivity contribution in [2.45, 2.75) is 19.0 Å². The fourth-order valence-corrected chi connectivity index (χ4v) is 2.06. The van der Waals surface area contributed by atoms with E-state index in [0.717, 1.165) is 6.20 Å². The van der Waals surface area contributed by atoms with Gasteiger partial charge in [0.15, 0.2) is 0 Å². The van der Waals surface area contributed by atoms with Crippen molar-refractivity contribution in [3.8, 4) is 6.07 Å². The van der Waals surface area contributed by atoms with Crippen LogP contribution in [0.2, 0.25) is 0 Å². The van der Waals surface area contributed by atoms with E-state index in [1.165, 1.54) is 28.7 Å². The highest BCUT2D eigenvalue weighted by Gasteiger charge is 2.38. The zero-order valence-electron chi connectivity index (χ0n) is 8.02. The third-order valence-electron chi connectivity index (χ3n) is 1.91. The molecule has 0 fully saturated rings. The number of halogens is 6. The standard InChI is InChI=1S/C9H4F5IN2/c10-8(11)7-4(1-2-16)6(9(12,13)14)5(15)3-17-7/h3,8H,1H2.